The van der Waals surface area contributed by atoms with E-state index in [1.807, 2.05) is 0 Å². The third-order valence-corrected chi connectivity index (χ3v) is 3.02. The van der Waals surface area contributed by atoms with Crippen molar-refractivity contribution < 1.29 is 9.47 Å². The third-order valence-electron chi connectivity index (χ3n) is 3.02. The molecular formula is C13H27NO2. The van der Waals surface area contributed by atoms with Crippen LogP contribution in [0.2, 0.25) is 0 Å². The average Bonchev–Trinajstić information content (AvgIpc) is 2.80. The molecule has 0 unspecified atom stereocenters. The van der Waals surface area contributed by atoms with Gasteiger partial charge < -0.3 is 9.47 Å². The first kappa shape index (κ1) is 13.9. The Labute approximate surface area is 100 Å². The van der Waals surface area contributed by atoms with Gasteiger partial charge >= 0.3 is 0 Å². The highest BCUT2D eigenvalue weighted by molar-refractivity contribution is 4.57. The van der Waals surface area contributed by atoms with E-state index in [0.717, 1.165) is 39.6 Å². The van der Waals surface area contributed by atoms with Crippen molar-refractivity contribution in [1.29, 1.82) is 0 Å². The second-order valence-corrected chi connectivity index (χ2v) is 4.54. The molecule has 0 aromatic carbocycles. The summed E-state index contributed by atoms with van der Waals surface area (Å²) in [6.45, 7) is 7.82. The smallest absolute Gasteiger partial charge is 0.0992 e. The van der Waals surface area contributed by atoms with Crippen LogP contribution in [0.25, 0.3) is 0 Å². The van der Waals surface area contributed by atoms with E-state index in [9.17, 15) is 0 Å². The first-order valence-corrected chi connectivity index (χ1v) is 6.81. The number of ether oxygens (including phenoxy) is 2. The van der Waals surface area contributed by atoms with Gasteiger partial charge in [0.2, 0.25) is 0 Å². The van der Waals surface area contributed by atoms with E-state index in [0.29, 0.717) is 0 Å². The van der Waals surface area contributed by atoms with Gasteiger partial charge in [-0.05, 0) is 6.42 Å². The largest absolute Gasteiger partial charge is 0.380 e. The molecule has 1 heterocycles. The number of hydrogen-bond donors (Lipinski definition) is 0. The Morgan fingerprint density at radius 3 is 2.62 bits per heavy atom. The van der Waals surface area contributed by atoms with Crippen LogP contribution < -0.4 is 0 Å². The van der Waals surface area contributed by atoms with Crippen molar-refractivity contribution >= 4 is 0 Å². The second kappa shape index (κ2) is 10.1. The van der Waals surface area contributed by atoms with E-state index in [4.69, 9.17) is 9.47 Å². The van der Waals surface area contributed by atoms with Gasteiger partial charge in [-0.25, -0.2) is 0 Å². The van der Waals surface area contributed by atoms with Crippen LogP contribution in [0.4, 0.5) is 0 Å². The van der Waals surface area contributed by atoms with Crippen molar-refractivity contribution in [3.8, 4) is 0 Å². The molecule has 0 amide bonds. The Kier molecular flexibility index (Phi) is 8.77. The summed E-state index contributed by atoms with van der Waals surface area (Å²) in [6, 6.07) is 0. The van der Waals surface area contributed by atoms with Crippen LogP contribution in [0.5, 0.6) is 0 Å². The minimum Gasteiger partial charge on any atom is -0.380 e. The molecule has 96 valence electrons. The molecular weight excluding hydrogens is 202 g/mol. The van der Waals surface area contributed by atoms with E-state index >= 15 is 0 Å². The molecule has 1 rings (SSSR count). The fourth-order valence-electron chi connectivity index (χ4n) is 1.91. The van der Waals surface area contributed by atoms with Crippen molar-refractivity contribution in [3.63, 3.8) is 0 Å². The van der Waals surface area contributed by atoms with Gasteiger partial charge in [-0.3, -0.25) is 4.90 Å². The highest BCUT2D eigenvalue weighted by atomic mass is 16.5. The number of hydrogen-bond acceptors (Lipinski definition) is 3. The summed E-state index contributed by atoms with van der Waals surface area (Å²) in [5, 5.41) is 0. The molecule has 0 aliphatic carbocycles. The molecule has 0 radical (unpaired) electrons. The van der Waals surface area contributed by atoms with Crippen LogP contribution in [0, 0.1) is 0 Å². The van der Waals surface area contributed by atoms with Crippen LogP contribution in [0.15, 0.2) is 0 Å². The highest BCUT2D eigenvalue weighted by Gasteiger charge is 2.10. The predicted molar refractivity (Wildman–Crippen MR) is 66.6 cm³/mol. The third kappa shape index (κ3) is 7.20. The van der Waals surface area contributed by atoms with Gasteiger partial charge in [0.05, 0.1) is 19.9 Å². The molecule has 0 bridgehead atoms. The van der Waals surface area contributed by atoms with Crippen LogP contribution in [0.3, 0.4) is 0 Å². The standard InChI is InChI=1S/C13H27NO2/c1-2-3-4-5-6-7-10-15-11-8-14-9-12-16-13-14/h2-13H2,1H3. The zero-order valence-electron chi connectivity index (χ0n) is 10.7. The van der Waals surface area contributed by atoms with Crippen LogP contribution in [0.1, 0.15) is 45.4 Å². The molecule has 0 saturated carbocycles. The summed E-state index contributed by atoms with van der Waals surface area (Å²) in [4.78, 5) is 2.29. The van der Waals surface area contributed by atoms with E-state index in [2.05, 4.69) is 11.8 Å². The van der Waals surface area contributed by atoms with Gasteiger partial charge in [0.15, 0.2) is 0 Å². The van der Waals surface area contributed by atoms with Gasteiger partial charge in [-0.15, -0.1) is 0 Å². The topological polar surface area (TPSA) is 21.7 Å². The van der Waals surface area contributed by atoms with Crippen LogP contribution in [-0.2, 0) is 9.47 Å². The van der Waals surface area contributed by atoms with Gasteiger partial charge in [0, 0.05) is 19.7 Å². The Morgan fingerprint density at radius 2 is 1.88 bits per heavy atom. The molecule has 3 nitrogen and oxygen atoms in total. The van der Waals surface area contributed by atoms with Gasteiger partial charge in [0.25, 0.3) is 0 Å². The summed E-state index contributed by atoms with van der Waals surface area (Å²) in [6.07, 6.45) is 8.02. The Hall–Kier alpha value is -0.120. The molecule has 0 aromatic rings. The molecule has 1 fully saturated rings. The Morgan fingerprint density at radius 1 is 1.06 bits per heavy atom. The molecule has 16 heavy (non-hydrogen) atoms. The summed E-state index contributed by atoms with van der Waals surface area (Å²) in [5.41, 5.74) is 0. The zero-order valence-corrected chi connectivity index (χ0v) is 10.7. The van der Waals surface area contributed by atoms with Crippen molar-refractivity contribution in [2.24, 2.45) is 0 Å². The van der Waals surface area contributed by atoms with Crippen molar-refractivity contribution in [2.45, 2.75) is 45.4 Å². The fraction of sp³-hybridized carbons (Fsp3) is 1.00. The summed E-state index contributed by atoms with van der Waals surface area (Å²) in [5.74, 6) is 0. The van der Waals surface area contributed by atoms with Gasteiger partial charge in [0.1, 0.15) is 0 Å². The van der Waals surface area contributed by atoms with Gasteiger partial charge in [-0.1, -0.05) is 39.0 Å². The molecule has 3 heteroatoms. The minimum atomic E-state index is 0.792. The summed E-state index contributed by atoms with van der Waals surface area (Å²) in [7, 11) is 0. The molecule has 0 aromatic heterocycles. The SMILES string of the molecule is CCCCCCCCOCCN1CCOC1. The van der Waals surface area contributed by atoms with Crippen molar-refractivity contribution in [3.05, 3.63) is 0 Å². The predicted octanol–water partition coefficient (Wildman–Crippen LogP) is 2.65. The molecule has 0 N–H and O–H groups in total. The first-order chi connectivity index (χ1) is 7.93. The number of nitrogens with zero attached hydrogens (tertiary/aromatic N) is 1. The molecule has 0 atom stereocenters. The van der Waals surface area contributed by atoms with Crippen LogP contribution in [-0.4, -0.2) is 44.5 Å². The maximum atomic E-state index is 5.60. The lowest BCUT2D eigenvalue weighted by atomic mass is 10.1. The minimum absolute atomic E-state index is 0.792. The van der Waals surface area contributed by atoms with Gasteiger partial charge in [-0.2, -0.15) is 0 Å². The molecule has 1 saturated heterocycles. The summed E-state index contributed by atoms with van der Waals surface area (Å²) >= 11 is 0. The molecule has 1 aliphatic heterocycles. The van der Waals surface area contributed by atoms with E-state index < -0.39 is 0 Å². The first-order valence-electron chi connectivity index (χ1n) is 6.81. The van der Waals surface area contributed by atoms with E-state index in [-0.39, 0.29) is 0 Å². The number of rotatable bonds is 10. The van der Waals surface area contributed by atoms with E-state index in [1.165, 1.54) is 38.5 Å². The summed E-state index contributed by atoms with van der Waals surface area (Å²) < 4.78 is 10.9. The van der Waals surface area contributed by atoms with Crippen molar-refractivity contribution in [1.82, 2.24) is 4.90 Å². The van der Waals surface area contributed by atoms with E-state index in [1.54, 1.807) is 0 Å². The molecule has 1 aliphatic rings. The monoisotopic (exact) mass is 229 g/mol. The fourth-order valence-corrected chi connectivity index (χ4v) is 1.91. The second-order valence-electron chi connectivity index (χ2n) is 4.54. The average molecular weight is 229 g/mol. The quantitative estimate of drug-likeness (QED) is 0.538. The highest BCUT2D eigenvalue weighted by Crippen LogP contribution is 2.05. The lowest BCUT2D eigenvalue weighted by molar-refractivity contribution is 0.0849. The van der Waals surface area contributed by atoms with Crippen molar-refractivity contribution in [2.75, 3.05) is 39.6 Å². The Balaban J connectivity index is 1.71. The van der Waals surface area contributed by atoms with Crippen LogP contribution >= 0.6 is 0 Å². The lowest BCUT2D eigenvalue weighted by Crippen LogP contribution is -2.24. The maximum absolute atomic E-state index is 5.60. The molecule has 0 spiro atoms. The maximum Gasteiger partial charge on any atom is 0.0992 e. The normalized spacial score (nSPS) is 17.1. The zero-order chi connectivity index (χ0) is 11.5. The Bertz CT molecular complexity index is 147. The lowest BCUT2D eigenvalue weighted by Gasteiger charge is -2.12. The number of unbranched alkanes of at least 4 members (excludes halogenated alkanes) is 5.